The standard InChI is InChI=1S/C13H22N2O4S/c1-10-8-12(14)11(2)13(9-10)20(16,17)15-4-5-19-7-6-18-3/h8-9,15H,4-7,14H2,1-3H3. The largest absolute Gasteiger partial charge is 0.398 e. The fourth-order valence-corrected chi connectivity index (χ4v) is 3.07. The zero-order chi connectivity index (χ0) is 15.2. The van der Waals surface area contributed by atoms with Gasteiger partial charge in [-0.3, -0.25) is 0 Å². The highest BCUT2D eigenvalue weighted by atomic mass is 32.2. The monoisotopic (exact) mass is 302 g/mol. The van der Waals surface area contributed by atoms with Gasteiger partial charge in [0.1, 0.15) is 0 Å². The second-order valence-electron chi connectivity index (χ2n) is 4.48. The zero-order valence-electron chi connectivity index (χ0n) is 12.1. The lowest BCUT2D eigenvalue weighted by molar-refractivity contribution is 0.0736. The molecule has 114 valence electrons. The molecular formula is C13H22N2O4S. The Balaban J connectivity index is 2.65. The van der Waals surface area contributed by atoms with Gasteiger partial charge in [0.05, 0.1) is 24.7 Å². The van der Waals surface area contributed by atoms with E-state index in [4.69, 9.17) is 15.2 Å². The van der Waals surface area contributed by atoms with E-state index in [-0.39, 0.29) is 11.4 Å². The molecule has 1 rings (SSSR count). The maximum Gasteiger partial charge on any atom is 0.240 e. The van der Waals surface area contributed by atoms with E-state index in [2.05, 4.69) is 4.72 Å². The lowest BCUT2D eigenvalue weighted by Gasteiger charge is -2.12. The molecule has 3 N–H and O–H groups in total. The van der Waals surface area contributed by atoms with Crippen LogP contribution in [-0.4, -0.2) is 41.9 Å². The molecule has 0 heterocycles. The number of ether oxygens (including phenoxy) is 2. The molecule has 0 spiro atoms. The van der Waals surface area contributed by atoms with Gasteiger partial charge in [0, 0.05) is 19.3 Å². The summed E-state index contributed by atoms with van der Waals surface area (Å²) in [4.78, 5) is 0.215. The van der Waals surface area contributed by atoms with Gasteiger partial charge in [0.15, 0.2) is 0 Å². The molecule has 0 radical (unpaired) electrons. The molecule has 0 saturated heterocycles. The van der Waals surface area contributed by atoms with Crippen molar-refractivity contribution >= 4 is 15.7 Å². The number of methoxy groups -OCH3 is 1. The summed E-state index contributed by atoms with van der Waals surface area (Å²) in [5.41, 5.74) is 7.64. The summed E-state index contributed by atoms with van der Waals surface area (Å²) in [5.74, 6) is 0. The fraction of sp³-hybridized carbons (Fsp3) is 0.538. The molecule has 7 heteroatoms. The first-order chi connectivity index (χ1) is 9.38. The van der Waals surface area contributed by atoms with Gasteiger partial charge in [-0.05, 0) is 37.1 Å². The molecule has 20 heavy (non-hydrogen) atoms. The zero-order valence-corrected chi connectivity index (χ0v) is 12.9. The predicted octanol–water partition coefficient (Wildman–Crippen LogP) is 0.827. The maximum absolute atomic E-state index is 12.2. The number of rotatable bonds is 8. The van der Waals surface area contributed by atoms with Crippen molar-refractivity contribution in [2.45, 2.75) is 18.7 Å². The Bertz CT molecular complexity index is 544. The SMILES string of the molecule is COCCOCCNS(=O)(=O)c1cc(C)cc(N)c1C. The van der Waals surface area contributed by atoms with Crippen molar-refractivity contribution in [3.05, 3.63) is 23.3 Å². The third-order valence-corrected chi connectivity index (χ3v) is 4.39. The molecule has 0 aliphatic rings. The van der Waals surface area contributed by atoms with Gasteiger partial charge < -0.3 is 15.2 Å². The molecule has 0 amide bonds. The Morgan fingerprint density at radius 3 is 2.55 bits per heavy atom. The highest BCUT2D eigenvalue weighted by Gasteiger charge is 2.18. The van der Waals surface area contributed by atoms with Gasteiger partial charge in [-0.2, -0.15) is 0 Å². The maximum atomic E-state index is 12.2. The number of aryl methyl sites for hydroxylation is 1. The van der Waals surface area contributed by atoms with Gasteiger partial charge in [-0.15, -0.1) is 0 Å². The normalized spacial score (nSPS) is 11.8. The second kappa shape index (κ2) is 7.58. The third-order valence-electron chi connectivity index (χ3n) is 2.80. The predicted molar refractivity (Wildman–Crippen MR) is 78.2 cm³/mol. The molecule has 0 aliphatic heterocycles. The number of sulfonamides is 1. The van der Waals surface area contributed by atoms with Crippen molar-refractivity contribution in [1.82, 2.24) is 4.72 Å². The van der Waals surface area contributed by atoms with Crippen molar-refractivity contribution in [2.24, 2.45) is 0 Å². The highest BCUT2D eigenvalue weighted by Crippen LogP contribution is 2.22. The summed E-state index contributed by atoms with van der Waals surface area (Å²) in [6.45, 7) is 4.93. The molecular weight excluding hydrogens is 280 g/mol. The molecule has 0 fully saturated rings. The van der Waals surface area contributed by atoms with Crippen LogP contribution in [-0.2, 0) is 19.5 Å². The van der Waals surface area contributed by atoms with Crippen LogP contribution in [0, 0.1) is 13.8 Å². The topological polar surface area (TPSA) is 90.6 Å². The Morgan fingerprint density at radius 2 is 1.90 bits per heavy atom. The molecule has 0 saturated carbocycles. The Morgan fingerprint density at radius 1 is 1.20 bits per heavy atom. The van der Waals surface area contributed by atoms with Crippen molar-refractivity contribution in [1.29, 1.82) is 0 Å². The van der Waals surface area contributed by atoms with Gasteiger partial charge >= 0.3 is 0 Å². The Hall–Kier alpha value is -1.15. The van der Waals surface area contributed by atoms with Crippen LogP contribution in [0.2, 0.25) is 0 Å². The van der Waals surface area contributed by atoms with Crippen LogP contribution in [0.1, 0.15) is 11.1 Å². The summed E-state index contributed by atoms with van der Waals surface area (Å²) in [7, 11) is -1.99. The quantitative estimate of drug-likeness (QED) is 0.548. The number of hydrogen-bond donors (Lipinski definition) is 2. The average molecular weight is 302 g/mol. The minimum atomic E-state index is -3.57. The van der Waals surface area contributed by atoms with E-state index in [1.54, 1.807) is 26.2 Å². The first-order valence-electron chi connectivity index (χ1n) is 6.31. The molecule has 1 aromatic carbocycles. The van der Waals surface area contributed by atoms with Gasteiger partial charge in [-0.1, -0.05) is 0 Å². The average Bonchev–Trinajstić information content (AvgIpc) is 2.37. The van der Waals surface area contributed by atoms with Gasteiger partial charge in [0.25, 0.3) is 0 Å². The van der Waals surface area contributed by atoms with Crippen LogP contribution < -0.4 is 10.5 Å². The van der Waals surface area contributed by atoms with Gasteiger partial charge in [0.2, 0.25) is 10.0 Å². The molecule has 0 aliphatic carbocycles. The summed E-state index contributed by atoms with van der Waals surface area (Å²) in [5, 5.41) is 0. The molecule has 6 nitrogen and oxygen atoms in total. The minimum Gasteiger partial charge on any atom is -0.398 e. The van der Waals surface area contributed by atoms with Crippen LogP contribution in [0.5, 0.6) is 0 Å². The molecule has 0 unspecified atom stereocenters. The van der Waals surface area contributed by atoms with Crippen molar-refractivity contribution in [3.63, 3.8) is 0 Å². The van der Waals surface area contributed by atoms with E-state index in [0.717, 1.165) is 5.56 Å². The van der Waals surface area contributed by atoms with Crippen molar-refractivity contribution in [3.8, 4) is 0 Å². The summed E-state index contributed by atoms with van der Waals surface area (Å²) in [6.07, 6.45) is 0. The van der Waals surface area contributed by atoms with Crippen LogP contribution in [0.4, 0.5) is 5.69 Å². The summed E-state index contributed by atoms with van der Waals surface area (Å²) < 4.78 is 36.9. The summed E-state index contributed by atoms with van der Waals surface area (Å²) in [6, 6.07) is 3.36. The molecule has 0 bridgehead atoms. The number of anilines is 1. The van der Waals surface area contributed by atoms with E-state index in [9.17, 15) is 8.42 Å². The Labute approximate surface area is 120 Å². The first kappa shape index (κ1) is 16.9. The lowest BCUT2D eigenvalue weighted by Crippen LogP contribution is -2.28. The first-order valence-corrected chi connectivity index (χ1v) is 7.80. The molecule has 1 aromatic rings. The van der Waals surface area contributed by atoms with E-state index in [1.807, 2.05) is 6.92 Å². The number of benzene rings is 1. The Kier molecular flexibility index (Phi) is 6.41. The van der Waals surface area contributed by atoms with E-state index >= 15 is 0 Å². The fourth-order valence-electron chi connectivity index (χ4n) is 1.70. The number of hydrogen-bond acceptors (Lipinski definition) is 5. The minimum absolute atomic E-state index is 0.208. The molecule has 0 atom stereocenters. The van der Waals surface area contributed by atoms with Crippen molar-refractivity contribution in [2.75, 3.05) is 39.2 Å². The highest BCUT2D eigenvalue weighted by molar-refractivity contribution is 7.89. The van der Waals surface area contributed by atoms with E-state index in [0.29, 0.717) is 31.1 Å². The number of nitrogen functional groups attached to an aromatic ring is 1. The van der Waals surface area contributed by atoms with Crippen molar-refractivity contribution < 1.29 is 17.9 Å². The lowest BCUT2D eigenvalue weighted by atomic mass is 10.1. The third kappa shape index (κ3) is 4.75. The van der Waals surface area contributed by atoms with Crippen LogP contribution in [0.25, 0.3) is 0 Å². The summed E-state index contributed by atoms with van der Waals surface area (Å²) >= 11 is 0. The number of nitrogens with two attached hydrogens (primary N) is 1. The number of nitrogens with one attached hydrogen (secondary N) is 1. The molecule has 0 aromatic heterocycles. The van der Waals surface area contributed by atoms with Crippen LogP contribution in [0.3, 0.4) is 0 Å². The second-order valence-corrected chi connectivity index (χ2v) is 6.22. The van der Waals surface area contributed by atoms with Crippen LogP contribution in [0.15, 0.2) is 17.0 Å². The van der Waals surface area contributed by atoms with Crippen LogP contribution >= 0.6 is 0 Å². The smallest absolute Gasteiger partial charge is 0.240 e. The van der Waals surface area contributed by atoms with E-state index in [1.165, 1.54) is 0 Å². The van der Waals surface area contributed by atoms with E-state index < -0.39 is 10.0 Å². The van der Waals surface area contributed by atoms with Gasteiger partial charge in [-0.25, -0.2) is 13.1 Å².